The van der Waals surface area contributed by atoms with Crippen LogP contribution in [-0.4, -0.2) is 65.9 Å². The van der Waals surface area contributed by atoms with Crippen LogP contribution in [0.3, 0.4) is 0 Å². The van der Waals surface area contributed by atoms with Crippen molar-refractivity contribution in [1.82, 2.24) is 15.0 Å². The zero-order chi connectivity index (χ0) is 24.2. The molecule has 7 unspecified atom stereocenters. The Labute approximate surface area is 194 Å². The van der Waals surface area contributed by atoms with Crippen molar-refractivity contribution < 1.29 is 38.1 Å². The summed E-state index contributed by atoms with van der Waals surface area (Å²) in [4.78, 5) is 21.0. The van der Waals surface area contributed by atoms with Gasteiger partial charge in [-0.25, -0.2) is 9.97 Å². The van der Waals surface area contributed by atoms with Gasteiger partial charge in [0.25, 0.3) is 0 Å². The fourth-order valence-electron chi connectivity index (χ4n) is 4.06. The molecular formula is C20H27FN3O7PS. The summed E-state index contributed by atoms with van der Waals surface area (Å²) < 4.78 is 43.5. The molecule has 2 aromatic rings. The fourth-order valence-corrected chi connectivity index (χ4v) is 6.09. The lowest BCUT2D eigenvalue weighted by Gasteiger charge is -2.35. The minimum Gasteiger partial charge on any atom is -0.388 e. The molecular weight excluding hydrogens is 476 g/mol. The van der Waals surface area contributed by atoms with Gasteiger partial charge in [0.2, 0.25) is 5.95 Å². The molecule has 2 aliphatic rings. The highest BCUT2D eigenvalue weighted by Gasteiger charge is 2.61. The average Bonchev–Trinajstić information content (AvgIpc) is 3.53. The first-order valence-electron chi connectivity index (χ1n) is 10.7. The van der Waals surface area contributed by atoms with Crippen LogP contribution in [0, 0.1) is 10.6 Å². The molecule has 10 nitrogen and oxygen atoms in total. The number of H-pyrrole nitrogens is 1. The van der Waals surface area contributed by atoms with Gasteiger partial charge < -0.3 is 34.1 Å². The van der Waals surface area contributed by atoms with Gasteiger partial charge in [-0.3, -0.25) is 4.57 Å². The second-order valence-corrected chi connectivity index (χ2v) is 11.2. The molecule has 4 rings (SSSR count). The van der Waals surface area contributed by atoms with Gasteiger partial charge in [-0.1, -0.05) is 26.1 Å². The molecule has 2 aliphatic heterocycles. The quantitative estimate of drug-likeness (QED) is 0.241. The number of epoxide rings is 1. The molecule has 33 heavy (non-hydrogen) atoms. The molecule has 4 N–H and O–H groups in total. The maximum absolute atomic E-state index is 13.5. The zero-order valence-electron chi connectivity index (χ0n) is 18.4. The third-order valence-corrected chi connectivity index (χ3v) is 9.13. The SMILES string of the molecule is CCC(C)(CC1OC(c2cc3nc(F)cnc3[nH]c2=S)C(O)C1O)OP(=O)(O)C1(CC)CO1. The minimum absolute atomic E-state index is 0.0288. The van der Waals surface area contributed by atoms with Gasteiger partial charge in [0.15, 0.2) is 11.0 Å². The number of nitrogens with one attached hydrogen (secondary N) is 1. The van der Waals surface area contributed by atoms with Crippen LogP contribution in [0.4, 0.5) is 4.39 Å². The Hall–Kier alpha value is -1.37. The Balaban J connectivity index is 1.57. The molecule has 0 aromatic carbocycles. The Morgan fingerprint density at radius 1 is 1.42 bits per heavy atom. The highest BCUT2D eigenvalue weighted by molar-refractivity contribution is 7.71. The van der Waals surface area contributed by atoms with Crippen molar-refractivity contribution in [3.63, 3.8) is 0 Å². The number of fused-ring (bicyclic) bond motifs is 1. The molecule has 0 spiro atoms. The predicted octanol–water partition coefficient (Wildman–Crippen LogP) is 2.89. The van der Waals surface area contributed by atoms with E-state index in [1.807, 2.05) is 0 Å². The van der Waals surface area contributed by atoms with E-state index in [1.165, 1.54) is 6.07 Å². The molecule has 0 amide bonds. The van der Waals surface area contributed by atoms with Crippen molar-refractivity contribution >= 4 is 31.0 Å². The van der Waals surface area contributed by atoms with E-state index in [1.54, 1.807) is 20.8 Å². The number of aromatic nitrogens is 3. The molecule has 0 radical (unpaired) electrons. The largest absolute Gasteiger partial charge is 0.388 e. The van der Waals surface area contributed by atoms with E-state index in [2.05, 4.69) is 15.0 Å². The molecule has 0 aliphatic carbocycles. The summed E-state index contributed by atoms with van der Waals surface area (Å²) in [6.07, 6.45) is -2.96. The van der Waals surface area contributed by atoms with E-state index in [9.17, 15) is 24.1 Å². The van der Waals surface area contributed by atoms with Crippen molar-refractivity contribution in [3.8, 4) is 0 Å². The summed E-state index contributed by atoms with van der Waals surface area (Å²) in [6, 6.07) is 1.46. The molecule has 4 heterocycles. The van der Waals surface area contributed by atoms with E-state index in [0.29, 0.717) is 18.4 Å². The van der Waals surface area contributed by atoms with E-state index in [0.717, 1.165) is 6.20 Å². The first-order valence-corrected chi connectivity index (χ1v) is 12.7. The first kappa shape index (κ1) is 24.7. The fraction of sp³-hybridized carbons (Fsp3) is 0.650. The standard InChI is InChI=1S/C20H27FN3O7PS/c1-4-19(3,31-32(27,28)20(5-2)9-29-20)7-12-14(25)15(26)16(30-12)10-6-11-17(24-18(10)33)22-8-13(21)23-11/h6,8,12,14-16,25-26H,4-5,7,9H2,1-3H3,(H,27,28)(H,22,24,33). The van der Waals surface area contributed by atoms with Crippen LogP contribution in [0.15, 0.2) is 12.3 Å². The van der Waals surface area contributed by atoms with Gasteiger partial charge in [0.05, 0.1) is 24.5 Å². The van der Waals surface area contributed by atoms with Crippen molar-refractivity contribution in [1.29, 1.82) is 0 Å². The average molecular weight is 503 g/mol. The molecule has 7 atom stereocenters. The molecule has 0 bridgehead atoms. The Morgan fingerprint density at radius 2 is 2.12 bits per heavy atom. The number of aliphatic hydroxyl groups is 2. The second kappa shape index (κ2) is 8.69. The number of nitrogens with zero attached hydrogens (tertiary/aromatic N) is 2. The van der Waals surface area contributed by atoms with E-state index in [-0.39, 0.29) is 28.8 Å². The lowest BCUT2D eigenvalue weighted by atomic mass is 9.92. The Kier molecular flexibility index (Phi) is 6.52. The van der Waals surface area contributed by atoms with Crippen molar-refractivity contribution in [2.75, 3.05) is 6.61 Å². The number of rotatable bonds is 8. The molecule has 0 saturated carbocycles. The maximum atomic E-state index is 13.5. The number of aromatic amines is 1. The van der Waals surface area contributed by atoms with Gasteiger partial charge in [0, 0.05) is 12.0 Å². The normalized spacial score (nSPS) is 33.1. The van der Waals surface area contributed by atoms with E-state index >= 15 is 0 Å². The Bertz CT molecular complexity index is 1160. The van der Waals surface area contributed by atoms with Crippen LogP contribution in [0.2, 0.25) is 0 Å². The highest BCUT2D eigenvalue weighted by atomic mass is 32.1. The smallest absolute Gasteiger partial charge is 0.362 e. The first-order chi connectivity index (χ1) is 15.4. The summed E-state index contributed by atoms with van der Waals surface area (Å²) in [6.45, 7) is 5.33. The van der Waals surface area contributed by atoms with E-state index < -0.39 is 48.9 Å². The number of hydrogen-bond donors (Lipinski definition) is 4. The van der Waals surface area contributed by atoms with E-state index in [4.69, 9.17) is 26.2 Å². The van der Waals surface area contributed by atoms with Gasteiger partial charge in [-0.15, -0.1) is 0 Å². The van der Waals surface area contributed by atoms with Crippen LogP contribution in [-0.2, 0) is 18.6 Å². The number of aliphatic hydroxyl groups excluding tert-OH is 2. The second-order valence-electron chi connectivity index (χ2n) is 8.76. The van der Waals surface area contributed by atoms with Crippen LogP contribution < -0.4 is 0 Å². The van der Waals surface area contributed by atoms with Crippen molar-refractivity contribution in [2.24, 2.45) is 0 Å². The summed E-state index contributed by atoms with van der Waals surface area (Å²) in [5.74, 6) is -0.779. The topological polar surface area (TPSA) is 150 Å². The summed E-state index contributed by atoms with van der Waals surface area (Å²) in [5.41, 5.74) is -0.369. The molecule has 13 heteroatoms. The van der Waals surface area contributed by atoms with Gasteiger partial charge in [-0.2, -0.15) is 4.39 Å². The van der Waals surface area contributed by atoms with Crippen molar-refractivity contribution in [3.05, 3.63) is 28.4 Å². The van der Waals surface area contributed by atoms with Crippen LogP contribution in [0.1, 0.15) is 51.7 Å². The van der Waals surface area contributed by atoms with Crippen molar-refractivity contribution in [2.45, 2.75) is 75.4 Å². The summed E-state index contributed by atoms with van der Waals surface area (Å²) in [7, 11) is -4.12. The Morgan fingerprint density at radius 3 is 2.73 bits per heavy atom. The summed E-state index contributed by atoms with van der Waals surface area (Å²) >= 11 is 5.35. The predicted molar refractivity (Wildman–Crippen MR) is 118 cm³/mol. The van der Waals surface area contributed by atoms with Crippen LogP contribution in [0.5, 0.6) is 0 Å². The number of hydrogen-bond acceptors (Lipinski definition) is 9. The zero-order valence-corrected chi connectivity index (χ0v) is 20.1. The third kappa shape index (κ3) is 4.51. The lowest BCUT2D eigenvalue weighted by Crippen LogP contribution is -2.39. The van der Waals surface area contributed by atoms with Crippen LogP contribution >= 0.6 is 19.8 Å². The van der Waals surface area contributed by atoms with Crippen LogP contribution in [0.25, 0.3) is 11.2 Å². The number of ether oxygens (including phenoxy) is 2. The monoisotopic (exact) mass is 503 g/mol. The molecule has 2 aromatic heterocycles. The molecule has 2 saturated heterocycles. The van der Waals surface area contributed by atoms with Gasteiger partial charge >= 0.3 is 7.60 Å². The van der Waals surface area contributed by atoms with Gasteiger partial charge in [-0.05, 0) is 25.8 Å². The summed E-state index contributed by atoms with van der Waals surface area (Å²) in [5, 5.41) is 20.2. The number of pyridine rings is 1. The molecule has 2 fully saturated rings. The number of halogens is 1. The minimum atomic E-state index is -4.12. The highest BCUT2D eigenvalue weighted by Crippen LogP contribution is 2.66. The van der Waals surface area contributed by atoms with Gasteiger partial charge in [0.1, 0.15) is 28.5 Å². The lowest BCUT2D eigenvalue weighted by molar-refractivity contribution is -0.0484. The maximum Gasteiger partial charge on any atom is 0.362 e. The third-order valence-electron chi connectivity index (χ3n) is 6.50. The molecule has 182 valence electrons.